The molecule has 68 valence electrons. The van der Waals surface area contributed by atoms with Crippen LogP contribution in [0.4, 0.5) is 0 Å². The Morgan fingerprint density at radius 1 is 1.55 bits per heavy atom. The Labute approximate surface area is 66.3 Å². The molecule has 0 heterocycles. The van der Waals surface area contributed by atoms with Crippen LogP contribution in [0.25, 0.3) is 0 Å². The largest absolute Gasteiger partial charge is 0.472 e. The lowest BCUT2D eigenvalue weighted by Crippen LogP contribution is -2.13. The average Bonchev–Trinajstić information content (AvgIpc) is 1.87. The quantitative estimate of drug-likeness (QED) is 0.459. The topological polar surface area (TPSA) is 67.8 Å². The van der Waals surface area contributed by atoms with Gasteiger partial charge in [-0.05, 0) is 14.0 Å². The molecule has 11 heavy (non-hydrogen) atoms. The summed E-state index contributed by atoms with van der Waals surface area (Å²) in [5, 5.41) is 2.77. The fourth-order valence-electron chi connectivity index (χ4n) is 0.463. The number of nitrogens with one attached hydrogen (secondary N) is 1. The van der Waals surface area contributed by atoms with Crippen LogP contribution in [-0.4, -0.2) is 31.7 Å². The Bertz CT molecular complexity index is 140. The molecule has 1 unspecified atom stereocenters. The van der Waals surface area contributed by atoms with Gasteiger partial charge in [0.25, 0.3) is 0 Å². The lowest BCUT2D eigenvalue weighted by atomic mass is 10.7. The Hall–Kier alpha value is 0.0700. The number of hydrogen-bond acceptors (Lipinski definition) is 4. The molecule has 6 heteroatoms. The third-order valence-corrected chi connectivity index (χ3v) is 1.99. The van der Waals surface area contributed by atoms with E-state index in [-0.39, 0.29) is 13.2 Å². The second-order valence-electron chi connectivity index (χ2n) is 1.82. The summed E-state index contributed by atoms with van der Waals surface area (Å²) in [6, 6.07) is 0. The molecule has 5 nitrogen and oxygen atoms in total. The summed E-state index contributed by atoms with van der Waals surface area (Å²) in [5.41, 5.74) is 0. The second kappa shape index (κ2) is 5.69. The molecule has 0 aromatic carbocycles. The first-order valence-corrected chi connectivity index (χ1v) is 4.88. The highest BCUT2D eigenvalue weighted by Crippen LogP contribution is 2.42. The van der Waals surface area contributed by atoms with E-state index in [0.29, 0.717) is 6.54 Å². The smallest absolute Gasteiger partial charge is 0.317 e. The standard InChI is InChI=1S/C5H14NO4P/c1-3-9-11(7,8)10-5-4-6-2/h6H,3-5H2,1-2H3,(H,7,8). The van der Waals surface area contributed by atoms with E-state index in [0.717, 1.165) is 0 Å². The highest BCUT2D eigenvalue weighted by Gasteiger charge is 2.18. The molecule has 0 aliphatic heterocycles. The predicted molar refractivity (Wildman–Crippen MR) is 41.3 cm³/mol. The van der Waals surface area contributed by atoms with Crippen LogP contribution < -0.4 is 5.32 Å². The van der Waals surface area contributed by atoms with Gasteiger partial charge in [0.1, 0.15) is 0 Å². The lowest BCUT2D eigenvalue weighted by Gasteiger charge is -2.09. The Balaban J connectivity index is 3.47. The van der Waals surface area contributed by atoms with Gasteiger partial charge in [0.15, 0.2) is 0 Å². The zero-order valence-corrected chi connectivity index (χ0v) is 7.63. The normalized spacial score (nSPS) is 16.3. The Morgan fingerprint density at radius 2 is 2.18 bits per heavy atom. The minimum Gasteiger partial charge on any atom is -0.317 e. The molecule has 0 radical (unpaired) electrons. The highest BCUT2D eigenvalue weighted by atomic mass is 31.2. The van der Waals surface area contributed by atoms with Crippen LogP contribution in [0.3, 0.4) is 0 Å². The maximum absolute atomic E-state index is 10.8. The van der Waals surface area contributed by atoms with Crippen LogP contribution in [0, 0.1) is 0 Å². The third-order valence-electron chi connectivity index (χ3n) is 0.899. The molecule has 0 spiro atoms. The van der Waals surface area contributed by atoms with Gasteiger partial charge in [-0.1, -0.05) is 0 Å². The van der Waals surface area contributed by atoms with Gasteiger partial charge in [0, 0.05) is 6.54 Å². The molecule has 1 atom stereocenters. The van der Waals surface area contributed by atoms with Crippen LogP contribution >= 0.6 is 7.82 Å². The van der Waals surface area contributed by atoms with E-state index >= 15 is 0 Å². The molecule has 0 amide bonds. The van der Waals surface area contributed by atoms with Crippen molar-refractivity contribution < 1.29 is 18.5 Å². The van der Waals surface area contributed by atoms with Crippen LogP contribution in [0.5, 0.6) is 0 Å². The van der Waals surface area contributed by atoms with Gasteiger partial charge < -0.3 is 10.2 Å². The van der Waals surface area contributed by atoms with Gasteiger partial charge in [-0.15, -0.1) is 0 Å². The third kappa shape index (κ3) is 6.47. The van der Waals surface area contributed by atoms with Crippen LogP contribution in [0.2, 0.25) is 0 Å². The molecular weight excluding hydrogens is 169 g/mol. The average molecular weight is 183 g/mol. The number of hydrogen-bond donors (Lipinski definition) is 2. The summed E-state index contributed by atoms with van der Waals surface area (Å²) in [5.74, 6) is 0. The van der Waals surface area contributed by atoms with Crippen LogP contribution in [-0.2, 0) is 13.6 Å². The first kappa shape index (κ1) is 11.1. The minimum atomic E-state index is -3.76. The molecule has 0 fully saturated rings. The second-order valence-corrected chi connectivity index (χ2v) is 3.28. The summed E-state index contributed by atoms with van der Waals surface area (Å²) in [4.78, 5) is 8.82. The number of phosphoric acid groups is 1. The zero-order chi connectivity index (χ0) is 8.74. The highest BCUT2D eigenvalue weighted by molar-refractivity contribution is 7.47. The Kier molecular flexibility index (Phi) is 5.72. The molecule has 0 bridgehead atoms. The summed E-state index contributed by atoms with van der Waals surface area (Å²) in [6.45, 7) is 2.50. The monoisotopic (exact) mass is 183 g/mol. The van der Waals surface area contributed by atoms with Gasteiger partial charge in [-0.25, -0.2) is 4.57 Å². The van der Waals surface area contributed by atoms with Crippen molar-refractivity contribution in [1.29, 1.82) is 0 Å². The zero-order valence-electron chi connectivity index (χ0n) is 6.74. The summed E-state index contributed by atoms with van der Waals surface area (Å²) >= 11 is 0. The van der Waals surface area contributed by atoms with Gasteiger partial charge >= 0.3 is 7.82 Å². The maximum atomic E-state index is 10.8. The van der Waals surface area contributed by atoms with E-state index in [1.807, 2.05) is 0 Å². The van der Waals surface area contributed by atoms with E-state index in [1.54, 1.807) is 14.0 Å². The fourth-order valence-corrected chi connectivity index (χ4v) is 1.19. The lowest BCUT2D eigenvalue weighted by molar-refractivity contribution is 0.156. The molecular formula is C5H14NO4P. The van der Waals surface area contributed by atoms with Crippen LogP contribution in [0.1, 0.15) is 6.92 Å². The first-order chi connectivity index (χ1) is 5.12. The Morgan fingerprint density at radius 3 is 2.64 bits per heavy atom. The van der Waals surface area contributed by atoms with Crippen molar-refractivity contribution in [3.05, 3.63) is 0 Å². The SMILES string of the molecule is CCOP(=O)(O)OCCNC. The van der Waals surface area contributed by atoms with E-state index < -0.39 is 7.82 Å². The van der Waals surface area contributed by atoms with Gasteiger partial charge in [0.2, 0.25) is 0 Å². The molecule has 0 saturated carbocycles. The van der Waals surface area contributed by atoms with Crippen molar-refractivity contribution in [2.24, 2.45) is 0 Å². The van der Waals surface area contributed by atoms with Gasteiger partial charge in [-0.3, -0.25) is 9.05 Å². The van der Waals surface area contributed by atoms with E-state index in [1.165, 1.54) is 0 Å². The van der Waals surface area contributed by atoms with Crippen molar-refractivity contribution in [1.82, 2.24) is 5.32 Å². The minimum absolute atomic E-state index is 0.171. The number of rotatable bonds is 6. The van der Waals surface area contributed by atoms with E-state index in [4.69, 9.17) is 4.89 Å². The molecule has 0 saturated heterocycles. The summed E-state index contributed by atoms with van der Waals surface area (Å²) < 4.78 is 19.7. The van der Waals surface area contributed by atoms with Crippen molar-refractivity contribution in [3.8, 4) is 0 Å². The molecule has 0 aliphatic carbocycles. The van der Waals surface area contributed by atoms with Crippen LogP contribution in [0.15, 0.2) is 0 Å². The number of likely N-dealkylation sites (N-methyl/N-ethyl adjacent to an activating group) is 1. The maximum Gasteiger partial charge on any atom is 0.472 e. The van der Waals surface area contributed by atoms with Crippen molar-refractivity contribution in [3.63, 3.8) is 0 Å². The number of phosphoric ester groups is 1. The van der Waals surface area contributed by atoms with E-state index in [9.17, 15) is 4.57 Å². The summed E-state index contributed by atoms with van der Waals surface area (Å²) in [6.07, 6.45) is 0. The van der Waals surface area contributed by atoms with Crippen molar-refractivity contribution in [2.75, 3.05) is 26.8 Å². The predicted octanol–water partition coefficient (Wildman–Crippen LogP) is 0.359. The van der Waals surface area contributed by atoms with Gasteiger partial charge in [0.05, 0.1) is 13.2 Å². The molecule has 2 N–H and O–H groups in total. The van der Waals surface area contributed by atoms with Crippen molar-refractivity contribution >= 4 is 7.82 Å². The first-order valence-electron chi connectivity index (χ1n) is 3.39. The molecule has 0 aromatic heterocycles. The molecule has 0 rings (SSSR count). The summed E-state index contributed by atoms with van der Waals surface area (Å²) in [7, 11) is -2.03. The van der Waals surface area contributed by atoms with Crippen molar-refractivity contribution in [2.45, 2.75) is 6.92 Å². The molecule has 0 aromatic rings. The molecule has 0 aliphatic rings. The fraction of sp³-hybridized carbons (Fsp3) is 1.00. The van der Waals surface area contributed by atoms with E-state index in [2.05, 4.69) is 14.4 Å². The van der Waals surface area contributed by atoms with Gasteiger partial charge in [-0.2, -0.15) is 0 Å².